The van der Waals surface area contributed by atoms with Gasteiger partial charge < -0.3 is 9.63 Å². The summed E-state index contributed by atoms with van der Waals surface area (Å²) in [5, 5.41) is 9.06. The average Bonchev–Trinajstić information content (AvgIpc) is 2.33. The van der Waals surface area contributed by atoms with Crippen LogP contribution < -0.4 is 0 Å². The van der Waals surface area contributed by atoms with E-state index in [-0.39, 0.29) is 91.9 Å². The van der Waals surface area contributed by atoms with Gasteiger partial charge in [-0.25, -0.2) is 0 Å². The molecule has 2 nitrogen and oxygen atoms in total. The maximum atomic E-state index is 9.06. The van der Waals surface area contributed by atoms with Gasteiger partial charge in [0.1, 0.15) is 0 Å². The molecule has 5 heteroatoms. The van der Waals surface area contributed by atoms with Crippen LogP contribution in [0.2, 0.25) is 0 Å². The molecule has 0 heterocycles. The van der Waals surface area contributed by atoms with Crippen LogP contribution in [0.15, 0.2) is 0 Å². The Balaban J connectivity index is 0. The molecule has 1 fully saturated rings. The van der Waals surface area contributed by atoms with Crippen LogP contribution in [0.5, 0.6) is 0 Å². The summed E-state index contributed by atoms with van der Waals surface area (Å²) in [4.78, 5) is 0. The van der Waals surface area contributed by atoms with E-state index in [0.29, 0.717) is 11.8 Å². The third-order valence-corrected chi connectivity index (χ3v) is 3.20. The van der Waals surface area contributed by atoms with Crippen molar-refractivity contribution in [1.82, 2.24) is 0 Å². The fourth-order valence-corrected chi connectivity index (χ4v) is 2.37. The van der Waals surface area contributed by atoms with Gasteiger partial charge in [0.2, 0.25) is 0 Å². The van der Waals surface area contributed by atoms with Gasteiger partial charge in [0.15, 0.2) is 0 Å². The van der Waals surface area contributed by atoms with Crippen molar-refractivity contribution in [3.8, 4) is 0 Å². The average molecular weight is 505 g/mol. The van der Waals surface area contributed by atoms with Gasteiger partial charge in [0, 0.05) is 85.8 Å². The van der Waals surface area contributed by atoms with Gasteiger partial charge in [0.05, 0.1) is 7.38 Å². The van der Waals surface area contributed by atoms with E-state index in [9.17, 15) is 0 Å². The molecule has 1 aliphatic carbocycles. The Labute approximate surface area is 133 Å². The van der Waals surface area contributed by atoms with Crippen molar-refractivity contribution in [3.05, 3.63) is 0 Å². The number of hydrogen-bond acceptors (Lipinski definition) is 2. The topological polar surface area (TPSA) is 29.5 Å². The fourth-order valence-electron chi connectivity index (χ4n) is 1.96. The molecule has 0 aromatic rings. The Bertz CT molecular complexity index is 155. The summed E-state index contributed by atoms with van der Waals surface area (Å²) in [6.45, 7) is 4.53. The normalized spacial score (nSPS) is 39.8. The Morgan fingerprint density at radius 1 is 1.62 bits per heavy atom. The molecule has 0 aromatic carbocycles. The largest absolute Gasteiger partial charge is 0.396 e. The summed E-state index contributed by atoms with van der Waals surface area (Å²) in [6, 6.07) is 0. The molecule has 1 radical (unpaired) electrons. The summed E-state index contributed by atoms with van der Waals surface area (Å²) >= 11 is 0. The van der Waals surface area contributed by atoms with Gasteiger partial charge >= 0.3 is 0 Å². The first kappa shape index (κ1) is 15.5. The molecular weight excluding hydrogens is 486 g/mol. The van der Waals surface area contributed by atoms with E-state index in [1.807, 2.05) is 0 Å². The van der Waals surface area contributed by atoms with Crippen molar-refractivity contribution >= 4 is 9.41 Å². The van der Waals surface area contributed by atoms with E-state index < -0.39 is 0 Å². The molecule has 0 aromatic heterocycles. The van der Waals surface area contributed by atoms with Crippen LogP contribution in [-0.4, -0.2) is 19.1 Å². The van der Waals surface area contributed by atoms with Gasteiger partial charge in [-0.2, -0.15) is 0 Å². The van der Waals surface area contributed by atoms with E-state index in [1.54, 1.807) is 0 Å². The Kier molecular flexibility index (Phi) is 10.3. The molecule has 1 N–H and O–H groups in total. The van der Waals surface area contributed by atoms with E-state index in [0.717, 1.165) is 6.42 Å². The minimum Gasteiger partial charge on any atom is -0.396 e. The number of aliphatic hydroxyl groups is 1. The zero-order valence-corrected chi connectivity index (χ0v) is 16.2. The molecule has 0 bridgehead atoms. The van der Waals surface area contributed by atoms with Crippen molar-refractivity contribution in [2.75, 3.05) is 6.61 Å². The summed E-state index contributed by atoms with van der Waals surface area (Å²) in [5.41, 5.74) is 0. The number of hydrogen-bond donors (Lipinski definition) is 1. The monoisotopic (exact) mass is 505 g/mol. The molecular formula is C8H17O2PUY. The van der Waals surface area contributed by atoms with Crippen LogP contribution in [0.25, 0.3) is 0 Å². The van der Waals surface area contributed by atoms with Gasteiger partial charge in [-0.05, 0) is 18.3 Å². The molecule has 1 aliphatic rings. The molecule has 5 atom stereocenters. The third-order valence-electron chi connectivity index (χ3n) is 2.93. The third kappa shape index (κ3) is 4.48. The first-order valence-corrected chi connectivity index (χ1v) is 4.54. The summed E-state index contributed by atoms with van der Waals surface area (Å²) in [5.74, 6) is 1.36. The van der Waals surface area contributed by atoms with Crippen molar-refractivity contribution < 1.29 is 73.5 Å². The van der Waals surface area contributed by atoms with Gasteiger partial charge in [0.25, 0.3) is 0 Å². The van der Waals surface area contributed by atoms with Gasteiger partial charge in [-0.1, -0.05) is 13.8 Å². The molecule has 0 amide bonds. The molecule has 0 aliphatic heterocycles. The SMILES string of the molecule is [3H]POC1C(CO)CC(C)C1C.[U].[Y]. The van der Waals surface area contributed by atoms with E-state index >= 15 is 0 Å². The second-order valence-electron chi connectivity index (χ2n) is 3.60. The number of aliphatic hydroxyl groups excluding tert-OH is 1. The summed E-state index contributed by atoms with van der Waals surface area (Å²) in [6.07, 6.45) is 1.15. The zero-order valence-electron chi connectivity index (χ0n) is 9.16. The van der Waals surface area contributed by atoms with E-state index in [2.05, 4.69) is 13.8 Å². The molecule has 0 saturated heterocycles. The summed E-state index contributed by atoms with van der Waals surface area (Å²) in [7, 11) is -0.205. The molecule has 5 unspecified atom stereocenters. The van der Waals surface area contributed by atoms with Crippen molar-refractivity contribution in [1.29, 1.82) is 1.28 Å². The van der Waals surface area contributed by atoms with Crippen molar-refractivity contribution in [2.24, 2.45) is 17.8 Å². The molecule has 1 saturated carbocycles. The van der Waals surface area contributed by atoms with Crippen molar-refractivity contribution in [3.63, 3.8) is 0 Å². The summed E-state index contributed by atoms with van der Waals surface area (Å²) < 4.78 is 12.3. The Morgan fingerprint density at radius 3 is 2.69 bits per heavy atom. The Hall–Kier alpha value is 2.51. The first-order valence-electron chi connectivity index (χ1n) is 4.64. The maximum Gasteiger partial charge on any atom is 0.0851 e. The second-order valence-corrected chi connectivity index (χ2v) is 3.83. The van der Waals surface area contributed by atoms with Crippen LogP contribution in [0.3, 0.4) is 0 Å². The van der Waals surface area contributed by atoms with E-state index in [4.69, 9.17) is 10.9 Å². The van der Waals surface area contributed by atoms with Crippen molar-refractivity contribution in [2.45, 2.75) is 26.4 Å². The van der Waals surface area contributed by atoms with Crippen LogP contribution in [0, 0.1) is 48.9 Å². The standard InChI is InChI=1S/C8H17O2P.U.Y/c1-5-3-7(4-9)8(10-11)6(5)2;;/h5-9H,3-4,11H2,1-2H3;;/i11T;;. The fraction of sp³-hybridized carbons (Fsp3) is 1.00. The van der Waals surface area contributed by atoms with Crippen LogP contribution in [0.4, 0.5) is 0 Å². The van der Waals surface area contributed by atoms with Crippen LogP contribution in [-0.2, 0) is 37.2 Å². The van der Waals surface area contributed by atoms with E-state index in [1.165, 1.54) is 0 Å². The molecule has 73 valence electrons. The van der Waals surface area contributed by atoms with Gasteiger partial charge in [-0.3, -0.25) is 0 Å². The first-order chi connectivity index (χ1) is 5.70. The maximum absolute atomic E-state index is 9.06. The Morgan fingerprint density at radius 2 is 2.23 bits per heavy atom. The minimum atomic E-state index is -0.205. The molecule has 0 spiro atoms. The zero-order chi connectivity index (χ0) is 9.14. The molecule has 1 rings (SSSR count). The van der Waals surface area contributed by atoms with Crippen LogP contribution in [0.1, 0.15) is 20.3 Å². The van der Waals surface area contributed by atoms with Crippen LogP contribution >= 0.6 is 9.41 Å². The predicted molar refractivity (Wildman–Crippen MR) is 48.1 cm³/mol. The minimum absolute atomic E-state index is 0. The quantitative estimate of drug-likeness (QED) is 0.589. The van der Waals surface area contributed by atoms with Gasteiger partial charge in [-0.15, -0.1) is 0 Å². The number of rotatable bonds is 3. The molecule has 13 heavy (non-hydrogen) atoms. The smallest absolute Gasteiger partial charge is 0.0851 e. The second kappa shape index (κ2) is 8.63. The predicted octanol–water partition coefficient (Wildman–Crippen LogP) is 1.44.